The summed E-state index contributed by atoms with van der Waals surface area (Å²) in [7, 11) is 2.10. The maximum absolute atomic E-state index is 13.7. The number of hydrogen-bond acceptors (Lipinski definition) is 10. The highest BCUT2D eigenvalue weighted by atomic mass is 16.5. The molecule has 0 aliphatic carbocycles. The number of ether oxygens (including phenoxy) is 1. The number of carbonyl (C=O) groups is 2. The summed E-state index contributed by atoms with van der Waals surface area (Å²) < 4.78 is 5.73. The van der Waals surface area contributed by atoms with E-state index in [1.54, 1.807) is 73.2 Å². The van der Waals surface area contributed by atoms with Crippen LogP contribution >= 0.6 is 0 Å². The number of esters is 1. The maximum atomic E-state index is 13.7. The maximum Gasteiger partial charge on any atom is 0.345 e. The number of aromatic nitrogens is 3. The van der Waals surface area contributed by atoms with Crippen molar-refractivity contribution >= 4 is 29.2 Å². The Bertz CT molecular complexity index is 1880. The van der Waals surface area contributed by atoms with E-state index in [0.717, 1.165) is 48.6 Å². The summed E-state index contributed by atoms with van der Waals surface area (Å²) in [5.74, 6) is -0.875. The largest absolute Gasteiger partial charge is 0.423 e. The Labute approximate surface area is 279 Å². The lowest BCUT2D eigenvalue weighted by Gasteiger charge is -2.32. The van der Waals surface area contributed by atoms with Gasteiger partial charge in [-0.15, -0.1) is 0 Å². The average molecular weight is 644 g/mol. The molecule has 3 N–H and O–H groups in total. The molecule has 0 radical (unpaired) electrons. The second-order valence-electron chi connectivity index (χ2n) is 11.8. The summed E-state index contributed by atoms with van der Waals surface area (Å²) >= 11 is 0. The fraction of sp³-hybridized carbons (Fsp3) is 0.216. The van der Waals surface area contributed by atoms with Crippen LogP contribution in [0.5, 0.6) is 5.75 Å². The van der Waals surface area contributed by atoms with Gasteiger partial charge in [-0.05, 0) is 73.1 Å². The van der Waals surface area contributed by atoms with Gasteiger partial charge in [-0.1, -0.05) is 42.5 Å². The molecule has 1 unspecified atom stereocenters. The zero-order chi connectivity index (χ0) is 33.5. The first-order valence-corrected chi connectivity index (χ1v) is 15.7. The van der Waals surface area contributed by atoms with Gasteiger partial charge in [0, 0.05) is 68.3 Å². The molecule has 0 bridgehead atoms. The number of aliphatic hydroxyl groups excluding tert-OH is 1. The summed E-state index contributed by atoms with van der Waals surface area (Å²) in [4.78, 5) is 44.6. The molecule has 0 saturated carbocycles. The molecule has 5 aromatic rings. The zero-order valence-electron chi connectivity index (χ0n) is 26.8. The van der Waals surface area contributed by atoms with Crippen LogP contribution in [0.4, 0.5) is 17.3 Å². The van der Waals surface area contributed by atoms with Gasteiger partial charge in [-0.3, -0.25) is 14.7 Å². The van der Waals surface area contributed by atoms with E-state index in [4.69, 9.17) is 4.74 Å². The molecule has 1 aliphatic rings. The van der Waals surface area contributed by atoms with Crippen molar-refractivity contribution in [2.45, 2.75) is 19.6 Å². The van der Waals surface area contributed by atoms with Crippen molar-refractivity contribution in [3.8, 4) is 17.0 Å². The third-order valence-electron chi connectivity index (χ3n) is 8.20. The highest BCUT2D eigenvalue weighted by molar-refractivity contribution is 6.07. The van der Waals surface area contributed by atoms with Gasteiger partial charge in [0.1, 0.15) is 5.75 Å². The number of nitrogens with one attached hydrogen (secondary N) is 2. The second-order valence-corrected chi connectivity index (χ2v) is 11.8. The van der Waals surface area contributed by atoms with Gasteiger partial charge < -0.3 is 25.4 Å². The molecule has 1 amide bonds. The molecule has 0 spiro atoms. The zero-order valence-corrected chi connectivity index (χ0v) is 26.8. The predicted molar refractivity (Wildman–Crippen MR) is 184 cm³/mol. The summed E-state index contributed by atoms with van der Waals surface area (Å²) in [6.45, 7) is 6.31. The van der Waals surface area contributed by atoms with Crippen LogP contribution in [-0.4, -0.2) is 75.0 Å². The molecule has 1 saturated heterocycles. The van der Waals surface area contributed by atoms with Gasteiger partial charge in [-0.2, -0.15) is 0 Å². The van der Waals surface area contributed by atoms with E-state index < -0.39 is 18.0 Å². The summed E-state index contributed by atoms with van der Waals surface area (Å²) in [5, 5.41) is 16.9. The van der Waals surface area contributed by atoms with Crippen LogP contribution in [0.1, 0.15) is 33.2 Å². The Hall–Kier alpha value is -5.49. The van der Waals surface area contributed by atoms with Crippen LogP contribution in [0.15, 0.2) is 104 Å². The molecular formula is C37H37N7O4. The van der Waals surface area contributed by atoms with E-state index in [1.165, 1.54) is 0 Å². The number of anilines is 3. The number of likely N-dealkylation sites (N-methyl/N-ethyl adjacent to an activating group) is 1. The number of rotatable bonds is 10. The van der Waals surface area contributed by atoms with E-state index in [1.807, 2.05) is 37.3 Å². The normalized spacial score (nSPS) is 14.2. The van der Waals surface area contributed by atoms with Crippen molar-refractivity contribution < 1.29 is 19.4 Å². The summed E-state index contributed by atoms with van der Waals surface area (Å²) in [5.41, 5.74) is 5.17. The number of amides is 1. The lowest BCUT2D eigenvalue weighted by atomic mass is 10.1. The number of carbonyl (C=O) groups excluding carboxylic acids is 2. The topological polar surface area (TPSA) is 133 Å². The van der Waals surface area contributed by atoms with E-state index in [9.17, 15) is 14.7 Å². The number of benzene rings is 3. The summed E-state index contributed by atoms with van der Waals surface area (Å²) in [6, 6.07) is 24.8. The van der Waals surface area contributed by atoms with Crippen molar-refractivity contribution in [1.29, 1.82) is 0 Å². The first kappa shape index (κ1) is 32.5. The van der Waals surface area contributed by atoms with Crippen LogP contribution in [-0.2, 0) is 11.3 Å². The van der Waals surface area contributed by atoms with Gasteiger partial charge in [-0.25, -0.2) is 14.8 Å². The van der Waals surface area contributed by atoms with Crippen molar-refractivity contribution in [3.05, 3.63) is 126 Å². The molecule has 48 heavy (non-hydrogen) atoms. The molecule has 11 nitrogen and oxygen atoms in total. The Balaban J connectivity index is 1.22. The van der Waals surface area contributed by atoms with Gasteiger partial charge in [0.2, 0.25) is 5.95 Å². The van der Waals surface area contributed by atoms with Crippen molar-refractivity contribution in [3.63, 3.8) is 0 Å². The molecule has 1 atom stereocenters. The monoisotopic (exact) mass is 643 g/mol. The minimum atomic E-state index is -1.51. The predicted octanol–water partition coefficient (Wildman–Crippen LogP) is 5.23. The highest BCUT2D eigenvalue weighted by Crippen LogP contribution is 2.28. The Morgan fingerprint density at radius 1 is 0.938 bits per heavy atom. The first-order valence-electron chi connectivity index (χ1n) is 15.7. The standard InChI is InChI=1S/C37H37N7O4/c1-25-10-12-29(22-32(25)42-37-39-16-14-31(41-37)28-9-6-15-38-23-28)40-35(46)30-13-11-26(24-44-19-17-43(2)18-20-44)21-33(30)48-36(47)34(45)27-7-4-3-5-8-27/h3-16,21-23,34,45H,17-20,24H2,1-2H3,(H,40,46)(H,39,41,42). The minimum absolute atomic E-state index is 0.0742. The number of piperazine rings is 1. The highest BCUT2D eigenvalue weighted by Gasteiger charge is 2.24. The molecular weight excluding hydrogens is 606 g/mol. The quantitative estimate of drug-likeness (QED) is 0.137. The number of nitrogens with zero attached hydrogens (tertiary/aromatic N) is 5. The second kappa shape index (κ2) is 14.9. The Kier molecular flexibility index (Phi) is 10.1. The van der Waals surface area contributed by atoms with Crippen molar-refractivity contribution in [2.75, 3.05) is 43.9 Å². The molecule has 11 heteroatoms. The van der Waals surface area contributed by atoms with E-state index in [2.05, 4.69) is 42.4 Å². The third kappa shape index (κ3) is 8.07. The number of pyridine rings is 1. The fourth-order valence-electron chi connectivity index (χ4n) is 5.38. The van der Waals surface area contributed by atoms with E-state index in [0.29, 0.717) is 29.4 Å². The van der Waals surface area contributed by atoms with Crippen LogP contribution < -0.4 is 15.4 Å². The van der Waals surface area contributed by atoms with Gasteiger partial charge >= 0.3 is 5.97 Å². The smallest absolute Gasteiger partial charge is 0.345 e. The number of aliphatic hydroxyl groups is 1. The molecule has 1 fully saturated rings. The van der Waals surface area contributed by atoms with Crippen LogP contribution in [0.25, 0.3) is 11.3 Å². The van der Waals surface area contributed by atoms with Crippen molar-refractivity contribution in [1.82, 2.24) is 24.8 Å². The SMILES string of the molecule is Cc1ccc(NC(=O)c2ccc(CN3CCN(C)CC3)cc2OC(=O)C(O)c2ccccc2)cc1Nc1nccc(-c2cccnc2)n1. The third-order valence-corrected chi connectivity index (χ3v) is 8.20. The van der Waals surface area contributed by atoms with Gasteiger partial charge in [0.15, 0.2) is 6.10 Å². The molecule has 244 valence electrons. The van der Waals surface area contributed by atoms with Gasteiger partial charge in [0.05, 0.1) is 11.3 Å². The minimum Gasteiger partial charge on any atom is -0.423 e. The summed E-state index contributed by atoms with van der Waals surface area (Å²) in [6.07, 6.45) is 3.61. The first-order chi connectivity index (χ1) is 23.3. The number of aryl methyl sites for hydroxylation is 1. The van der Waals surface area contributed by atoms with Crippen LogP contribution in [0.2, 0.25) is 0 Å². The fourth-order valence-corrected chi connectivity index (χ4v) is 5.38. The lowest BCUT2D eigenvalue weighted by Crippen LogP contribution is -2.43. The Morgan fingerprint density at radius 3 is 2.52 bits per heavy atom. The van der Waals surface area contributed by atoms with E-state index >= 15 is 0 Å². The van der Waals surface area contributed by atoms with Gasteiger partial charge in [0.25, 0.3) is 5.91 Å². The molecule has 6 rings (SSSR count). The van der Waals surface area contributed by atoms with Crippen LogP contribution in [0.3, 0.4) is 0 Å². The molecule has 3 aromatic carbocycles. The number of hydrogen-bond donors (Lipinski definition) is 3. The Morgan fingerprint density at radius 2 is 1.75 bits per heavy atom. The lowest BCUT2D eigenvalue weighted by molar-refractivity contribution is -0.144. The van der Waals surface area contributed by atoms with Crippen LogP contribution in [0, 0.1) is 6.92 Å². The van der Waals surface area contributed by atoms with Crippen molar-refractivity contribution in [2.24, 2.45) is 0 Å². The van der Waals surface area contributed by atoms with E-state index in [-0.39, 0.29) is 11.3 Å². The molecule has 2 aromatic heterocycles. The molecule has 3 heterocycles. The molecule has 1 aliphatic heterocycles. The average Bonchev–Trinajstić information content (AvgIpc) is 3.11.